The number of carboxylic acids is 2. The van der Waals surface area contributed by atoms with Crippen LogP contribution in [0.5, 0.6) is 0 Å². The van der Waals surface area contributed by atoms with Crippen molar-refractivity contribution in [3.05, 3.63) is 0 Å². The largest absolute Gasteiger partial charge is 0.490 e. The van der Waals surface area contributed by atoms with Gasteiger partial charge in [0.2, 0.25) is 5.91 Å². The summed E-state index contributed by atoms with van der Waals surface area (Å²) in [6.45, 7) is 5.19. The Bertz CT molecular complexity index is 373. The molecule has 0 bridgehead atoms. The Hall–Kier alpha value is -1.84. The number of alkyl halides is 3. The van der Waals surface area contributed by atoms with Crippen molar-refractivity contribution in [3.8, 4) is 0 Å². The molecule has 0 aromatic heterocycles. The second-order valence-corrected chi connectivity index (χ2v) is 4.28. The molecule has 0 unspecified atom stereocenters. The Morgan fingerprint density at radius 2 is 1.57 bits per heavy atom. The summed E-state index contributed by atoms with van der Waals surface area (Å²) in [7, 11) is 0. The number of hydrogen-bond acceptors (Lipinski definition) is 4. The first kappa shape index (κ1) is 21.5. The zero-order chi connectivity index (χ0) is 17.4. The van der Waals surface area contributed by atoms with Gasteiger partial charge < -0.3 is 21.3 Å². The van der Waals surface area contributed by atoms with Crippen molar-refractivity contribution in [2.45, 2.75) is 45.5 Å². The molecule has 5 N–H and O–H groups in total. The fraction of sp³-hybridized carbons (Fsp3) is 0.727. The molecule has 7 nitrogen and oxygen atoms in total. The monoisotopic (exact) mass is 316 g/mol. The maximum Gasteiger partial charge on any atom is 0.490 e. The van der Waals surface area contributed by atoms with Gasteiger partial charge in [-0.05, 0) is 12.8 Å². The van der Waals surface area contributed by atoms with Crippen molar-refractivity contribution in [1.29, 1.82) is 0 Å². The van der Waals surface area contributed by atoms with Crippen LogP contribution in [0.4, 0.5) is 13.2 Å². The van der Waals surface area contributed by atoms with Crippen molar-refractivity contribution in [2.75, 3.05) is 0 Å². The van der Waals surface area contributed by atoms with Crippen LogP contribution in [-0.2, 0) is 14.4 Å². The van der Waals surface area contributed by atoms with Gasteiger partial charge in [-0.3, -0.25) is 9.59 Å². The Kier molecular flexibility index (Phi) is 9.36. The second-order valence-electron chi connectivity index (χ2n) is 4.28. The fourth-order valence-corrected chi connectivity index (χ4v) is 0.884. The van der Waals surface area contributed by atoms with Gasteiger partial charge >= 0.3 is 18.1 Å². The number of carbonyl (C=O) groups is 3. The van der Waals surface area contributed by atoms with E-state index in [-0.39, 0.29) is 5.92 Å². The Balaban J connectivity index is 0. The molecule has 124 valence electrons. The maximum absolute atomic E-state index is 11.4. The van der Waals surface area contributed by atoms with Crippen LogP contribution >= 0.6 is 0 Å². The Morgan fingerprint density at radius 3 is 1.81 bits per heavy atom. The summed E-state index contributed by atoms with van der Waals surface area (Å²) in [6, 6.07) is -1.53. The minimum Gasteiger partial charge on any atom is -0.480 e. The number of rotatable bonds is 5. The molecule has 0 aromatic rings. The first-order valence-corrected chi connectivity index (χ1v) is 5.93. The van der Waals surface area contributed by atoms with Gasteiger partial charge in [-0.2, -0.15) is 13.2 Å². The average Bonchev–Trinajstić information content (AvgIpc) is 2.36. The first-order chi connectivity index (χ1) is 9.34. The van der Waals surface area contributed by atoms with Crippen molar-refractivity contribution >= 4 is 17.8 Å². The summed E-state index contributed by atoms with van der Waals surface area (Å²) in [5.41, 5.74) is 5.61. The van der Waals surface area contributed by atoms with E-state index in [9.17, 15) is 22.8 Å². The minimum absolute atomic E-state index is 0.0518. The molecular weight excluding hydrogens is 297 g/mol. The molecule has 0 aliphatic heterocycles. The molecule has 3 atom stereocenters. The number of aliphatic carboxylic acids is 2. The van der Waals surface area contributed by atoms with Gasteiger partial charge in [0.25, 0.3) is 0 Å². The first-order valence-electron chi connectivity index (χ1n) is 5.93. The van der Waals surface area contributed by atoms with Gasteiger partial charge in [-0.25, -0.2) is 4.79 Å². The van der Waals surface area contributed by atoms with Crippen LogP contribution in [0.2, 0.25) is 0 Å². The lowest BCUT2D eigenvalue weighted by atomic mass is 9.99. The fourth-order valence-electron chi connectivity index (χ4n) is 0.884. The maximum atomic E-state index is 11.4. The molecule has 10 heteroatoms. The number of carboxylic acid groups (broad SMARTS) is 2. The minimum atomic E-state index is -5.08. The van der Waals surface area contributed by atoms with Gasteiger partial charge in [0.05, 0.1) is 6.04 Å². The van der Waals surface area contributed by atoms with E-state index in [1.165, 1.54) is 6.92 Å². The number of amides is 1. The van der Waals surface area contributed by atoms with Crippen molar-refractivity contribution in [1.82, 2.24) is 5.32 Å². The van der Waals surface area contributed by atoms with Crippen LogP contribution in [0.25, 0.3) is 0 Å². The zero-order valence-corrected chi connectivity index (χ0v) is 11.8. The van der Waals surface area contributed by atoms with Crippen LogP contribution in [0.1, 0.15) is 27.2 Å². The summed E-state index contributed by atoms with van der Waals surface area (Å²) in [5, 5.41) is 18.0. The lowest BCUT2D eigenvalue weighted by molar-refractivity contribution is -0.192. The van der Waals surface area contributed by atoms with Gasteiger partial charge in [-0.1, -0.05) is 20.3 Å². The van der Waals surface area contributed by atoms with E-state index in [1.807, 2.05) is 13.8 Å². The topological polar surface area (TPSA) is 130 Å². The molecule has 0 heterocycles. The van der Waals surface area contributed by atoms with E-state index in [4.69, 9.17) is 20.7 Å². The van der Waals surface area contributed by atoms with E-state index in [0.717, 1.165) is 6.42 Å². The number of hydrogen-bond donors (Lipinski definition) is 4. The van der Waals surface area contributed by atoms with E-state index in [0.29, 0.717) is 0 Å². The molecule has 0 rings (SSSR count). The summed E-state index contributed by atoms with van der Waals surface area (Å²) in [4.78, 5) is 30.7. The average molecular weight is 316 g/mol. The van der Waals surface area contributed by atoms with Gasteiger partial charge in [0, 0.05) is 0 Å². The third-order valence-electron chi connectivity index (χ3n) is 2.53. The predicted molar refractivity (Wildman–Crippen MR) is 66.4 cm³/mol. The van der Waals surface area contributed by atoms with E-state index >= 15 is 0 Å². The highest BCUT2D eigenvalue weighted by Crippen LogP contribution is 2.13. The lowest BCUT2D eigenvalue weighted by Gasteiger charge is -2.19. The normalized spacial score (nSPS) is 15.0. The lowest BCUT2D eigenvalue weighted by Crippen LogP contribution is -2.49. The van der Waals surface area contributed by atoms with E-state index < -0.39 is 36.1 Å². The Morgan fingerprint density at radius 1 is 1.19 bits per heavy atom. The summed E-state index contributed by atoms with van der Waals surface area (Å²) in [5.74, 6) is -4.17. The summed E-state index contributed by atoms with van der Waals surface area (Å²) < 4.78 is 31.7. The molecule has 0 aliphatic carbocycles. The third kappa shape index (κ3) is 9.66. The molecule has 1 amide bonds. The molecule has 0 aliphatic rings. The van der Waals surface area contributed by atoms with E-state index in [2.05, 4.69) is 5.32 Å². The number of halogens is 3. The number of nitrogens with one attached hydrogen (secondary N) is 1. The number of carbonyl (C=O) groups excluding carboxylic acids is 1. The molecule has 0 saturated heterocycles. The standard InChI is InChI=1S/C9H18N2O3.C2HF3O2/c1-4-5(2)7(10)8(12)11-6(3)9(13)14;3-2(4,5)1(6)7/h5-7H,4,10H2,1-3H3,(H,11,12)(H,13,14);(H,6,7)/t5-,6-,7-;/m0./s1. The third-order valence-corrected chi connectivity index (χ3v) is 2.53. The SMILES string of the molecule is CC[C@H](C)[C@H](N)C(=O)N[C@@H](C)C(=O)O.O=C(O)C(F)(F)F. The quantitative estimate of drug-likeness (QED) is 0.587. The summed E-state index contributed by atoms with van der Waals surface area (Å²) >= 11 is 0. The molecule has 0 fully saturated rings. The van der Waals surface area contributed by atoms with Crippen molar-refractivity contribution in [3.63, 3.8) is 0 Å². The van der Waals surface area contributed by atoms with Crippen molar-refractivity contribution < 1.29 is 37.8 Å². The van der Waals surface area contributed by atoms with Crippen LogP contribution in [0.15, 0.2) is 0 Å². The van der Waals surface area contributed by atoms with Gasteiger partial charge in [0.15, 0.2) is 0 Å². The predicted octanol–water partition coefficient (Wildman–Crippen LogP) is 0.582. The molecule has 0 radical (unpaired) electrons. The van der Waals surface area contributed by atoms with Crippen LogP contribution in [-0.4, -0.2) is 46.3 Å². The van der Waals surface area contributed by atoms with Gasteiger partial charge in [0.1, 0.15) is 6.04 Å². The van der Waals surface area contributed by atoms with Crippen molar-refractivity contribution in [2.24, 2.45) is 11.7 Å². The van der Waals surface area contributed by atoms with Crippen LogP contribution in [0.3, 0.4) is 0 Å². The Labute approximate surface area is 119 Å². The van der Waals surface area contributed by atoms with Crippen LogP contribution < -0.4 is 11.1 Å². The highest BCUT2D eigenvalue weighted by atomic mass is 19.4. The summed E-state index contributed by atoms with van der Waals surface area (Å²) in [6.07, 6.45) is -4.30. The molecule has 0 spiro atoms. The molecule has 0 saturated carbocycles. The number of nitrogens with two attached hydrogens (primary N) is 1. The van der Waals surface area contributed by atoms with E-state index in [1.54, 1.807) is 0 Å². The smallest absolute Gasteiger partial charge is 0.480 e. The van der Waals surface area contributed by atoms with Gasteiger partial charge in [-0.15, -0.1) is 0 Å². The highest BCUT2D eigenvalue weighted by molar-refractivity contribution is 5.86. The highest BCUT2D eigenvalue weighted by Gasteiger charge is 2.38. The second kappa shape index (κ2) is 9.16. The molecule has 0 aromatic carbocycles. The molecular formula is C11H19F3N2O5. The zero-order valence-electron chi connectivity index (χ0n) is 11.8. The molecule has 21 heavy (non-hydrogen) atoms. The van der Waals surface area contributed by atoms with Crippen LogP contribution in [0, 0.1) is 5.92 Å².